The van der Waals surface area contributed by atoms with Gasteiger partial charge in [-0.3, -0.25) is 0 Å². The minimum absolute atomic E-state index is 0.111. The van der Waals surface area contributed by atoms with Crippen molar-refractivity contribution in [1.29, 1.82) is 0 Å². The number of benzene rings is 1. The zero-order valence-electron chi connectivity index (χ0n) is 11.7. The summed E-state index contributed by atoms with van der Waals surface area (Å²) >= 11 is 13.0. The monoisotopic (exact) mass is 370 g/mol. The Hall–Kier alpha value is -1.89. The molecule has 4 nitrogen and oxygen atoms in total. The summed E-state index contributed by atoms with van der Waals surface area (Å²) in [6.07, 6.45) is 0. The van der Waals surface area contributed by atoms with Crippen LogP contribution < -0.4 is 0 Å². The molecular weight excluding hydrogens is 362 g/mol. The number of nitrogens with zero attached hydrogens (tertiary/aromatic N) is 2. The summed E-state index contributed by atoms with van der Waals surface area (Å²) in [6, 6.07) is 7.69. The van der Waals surface area contributed by atoms with Gasteiger partial charge in [0.15, 0.2) is 10.8 Å². The average molecular weight is 371 g/mol. The van der Waals surface area contributed by atoms with Crippen LogP contribution in [0.1, 0.15) is 16.1 Å². The molecule has 0 radical (unpaired) electrons. The van der Waals surface area contributed by atoms with Gasteiger partial charge in [-0.15, -0.1) is 11.3 Å². The fraction of sp³-hybridized carbons (Fsp3) is 0.0667. The van der Waals surface area contributed by atoms with E-state index in [2.05, 4.69) is 5.10 Å². The number of carboxylic acid groups (broad SMARTS) is 1. The predicted molar refractivity (Wildman–Crippen MR) is 88.6 cm³/mol. The van der Waals surface area contributed by atoms with Crippen LogP contribution in [-0.4, -0.2) is 20.9 Å². The van der Waals surface area contributed by atoms with Crippen LogP contribution in [-0.2, 0) is 0 Å². The summed E-state index contributed by atoms with van der Waals surface area (Å²) in [5, 5.41) is 13.8. The Kier molecular flexibility index (Phi) is 4.14. The van der Waals surface area contributed by atoms with Crippen molar-refractivity contribution in [3.63, 3.8) is 0 Å². The highest BCUT2D eigenvalue weighted by Crippen LogP contribution is 2.35. The zero-order chi connectivity index (χ0) is 16.7. The van der Waals surface area contributed by atoms with Crippen LogP contribution in [0.4, 0.5) is 4.39 Å². The first kappa shape index (κ1) is 16.0. The summed E-state index contributed by atoms with van der Waals surface area (Å²) in [6.45, 7) is 1.63. The molecule has 8 heteroatoms. The lowest BCUT2D eigenvalue weighted by Crippen LogP contribution is -2.02. The molecule has 3 rings (SSSR count). The Morgan fingerprint density at radius 3 is 2.61 bits per heavy atom. The number of aromatic nitrogens is 2. The highest BCUT2D eigenvalue weighted by Gasteiger charge is 2.23. The SMILES string of the molecule is Cc1c(C(=O)O)nn(-c2ccc(Cl)cc2Cl)c1-c1ccc(F)s1. The second-order valence-corrected chi connectivity index (χ2v) is 6.62. The maximum atomic E-state index is 13.4. The molecule has 0 aliphatic heterocycles. The number of hydrogen-bond donors (Lipinski definition) is 1. The Labute approximate surface area is 144 Å². The highest BCUT2D eigenvalue weighted by molar-refractivity contribution is 7.13. The first-order chi connectivity index (χ1) is 10.9. The maximum Gasteiger partial charge on any atom is 0.356 e. The zero-order valence-corrected chi connectivity index (χ0v) is 14.0. The molecule has 0 unspecified atom stereocenters. The second-order valence-electron chi connectivity index (χ2n) is 4.74. The minimum atomic E-state index is -1.16. The molecule has 0 saturated heterocycles. The third-order valence-corrected chi connectivity index (χ3v) is 4.69. The van der Waals surface area contributed by atoms with Gasteiger partial charge in [-0.05, 0) is 37.3 Å². The normalized spacial score (nSPS) is 11.0. The number of thiophene rings is 1. The van der Waals surface area contributed by atoms with E-state index in [1.807, 2.05) is 0 Å². The number of hydrogen-bond acceptors (Lipinski definition) is 3. The van der Waals surface area contributed by atoms with E-state index >= 15 is 0 Å². The van der Waals surface area contributed by atoms with E-state index in [0.717, 1.165) is 11.3 Å². The lowest BCUT2D eigenvalue weighted by Gasteiger charge is -2.09. The number of aromatic carboxylic acids is 1. The van der Waals surface area contributed by atoms with Crippen LogP contribution in [0.2, 0.25) is 10.0 Å². The lowest BCUT2D eigenvalue weighted by atomic mass is 10.1. The maximum absolute atomic E-state index is 13.4. The van der Waals surface area contributed by atoms with Gasteiger partial charge in [0.05, 0.1) is 21.3 Å². The Bertz CT molecular complexity index is 920. The molecule has 118 valence electrons. The minimum Gasteiger partial charge on any atom is -0.476 e. The molecule has 2 aromatic heterocycles. The first-order valence-electron chi connectivity index (χ1n) is 6.42. The van der Waals surface area contributed by atoms with E-state index in [-0.39, 0.29) is 10.8 Å². The fourth-order valence-corrected chi connectivity index (χ4v) is 3.56. The van der Waals surface area contributed by atoms with Crippen molar-refractivity contribution in [1.82, 2.24) is 9.78 Å². The molecule has 0 atom stereocenters. The number of rotatable bonds is 3. The van der Waals surface area contributed by atoms with Gasteiger partial charge in [-0.2, -0.15) is 9.49 Å². The van der Waals surface area contributed by atoms with Crippen LogP contribution in [0.15, 0.2) is 30.3 Å². The molecule has 1 N–H and O–H groups in total. The molecule has 0 spiro atoms. The third kappa shape index (κ3) is 2.85. The summed E-state index contributed by atoms with van der Waals surface area (Å²) in [5.41, 5.74) is 1.28. The van der Waals surface area contributed by atoms with Crippen molar-refractivity contribution in [2.24, 2.45) is 0 Å². The number of carboxylic acids is 1. The topological polar surface area (TPSA) is 55.1 Å². The smallest absolute Gasteiger partial charge is 0.356 e. The molecule has 3 aromatic rings. The van der Waals surface area contributed by atoms with Crippen molar-refractivity contribution in [3.05, 3.63) is 56.8 Å². The fourth-order valence-electron chi connectivity index (χ4n) is 2.26. The Balaban J connectivity index is 2.31. The van der Waals surface area contributed by atoms with E-state index in [0.29, 0.717) is 31.9 Å². The van der Waals surface area contributed by atoms with Crippen LogP contribution >= 0.6 is 34.5 Å². The molecule has 0 saturated carbocycles. The average Bonchev–Trinajstić information content (AvgIpc) is 3.02. The molecule has 0 aliphatic carbocycles. The molecule has 0 aliphatic rings. The second kappa shape index (κ2) is 5.96. The lowest BCUT2D eigenvalue weighted by molar-refractivity contribution is 0.0689. The van der Waals surface area contributed by atoms with Gasteiger partial charge in [0.2, 0.25) is 0 Å². The van der Waals surface area contributed by atoms with Crippen molar-refractivity contribution in [3.8, 4) is 16.3 Å². The summed E-state index contributed by atoms with van der Waals surface area (Å²) in [7, 11) is 0. The van der Waals surface area contributed by atoms with Gasteiger partial charge >= 0.3 is 5.97 Å². The largest absolute Gasteiger partial charge is 0.476 e. The molecule has 0 bridgehead atoms. The quantitative estimate of drug-likeness (QED) is 0.701. The van der Waals surface area contributed by atoms with Crippen LogP contribution in [0, 0.1) is 12.1 Å². The van der Waals surface area contributed by atoms with Crippen molar-refractivity contribution >= 4 is 40.5 Å². The predicted octanol–water partition coefficient (Wildman–Crippen LogP) is 5.05. The van der Waals surface area contributed by atoms with Crippen LogP contribution in [0.25, 0.3) is 16.3 Å². The number of halogens is 3. The van der Waals surface area contributed by atoms with Crippen LogP contribution in [0.3, 0.4) is 0 Å². The Morgan fingerprint density at radius 1 is 1.30 bits per heavy atom. The van der Waals surface area contributed by atoms with E-state index in [4.69, 9.17) is 23.2 Å². The molecule has 23 heavy (non-hydrogen) atoms. The number of carbonyl (C=O) groups is 1. The molecular formula is C15H9Cl2FN2O2S. The summed E-state index contributed by atoms with van der Waals surface area (Å²) < 4.78 is 14.8. The molecule has 1 aromatic carbocycles. The molecule has 0 amide bonds. The highest BCUT2D eigenvalue weighted by atomic mass is 35.5. The van der Waals surface area contributed by atoms with Crippen molar-refractivity contribution < 1.29 is 14.3 Å². The van der Waals surface area contributed by atoms with E-state index in [1.165, 1.54) is 16.8 Å². The van der Waals surface area contributed by atoms with Gasteiger partial charge < -0.3 is 5.11 Å². The van der Waals surface area contributed by atoms with Crippen molar-refractivity contribution in [2.45, 2.75) is 6.92 Å². The third-order valence-electron chi connectivity index (χ3n) is 3.27. The Morgan fingerprint density at radius 2 is 2.04 bits per heavy atom. The standard InChI is InChI=1S/C15H9Cl2FN2O2S/c1-7-13(15(21)22)19-20(10-3-2-8(16)6-9(10)17)14(7)11-4-5-12(18)23-11/h2-6H,1H3,(H,21,22). The van der Waals surface area contributed by atoms with Gasteiger partial charge in [0, 0.05) is 10.6 Å². The van der Waals surface area contributed by atoms with E-state index in [1.54, 1.807) is 25.1 Å². The van der Waals surface area contributed by atoms with Gasteiger partial charge in [-0.25, -0.2) is 9.48 Å². The van der Waals surface area contributed by atoms with Gasteiger partial charge in [0.1, 0.15) is 0 Å². The van der Waals surface area contributed by atoms with Gasteiger partial charge in [-0.1, -0.05) is 23.2 Å². The summed E-state index contributed by atoms with van der Waals surface area (Å²) in [4.78, 5) is 12.0. The van der Waals surface area contributed by atoms with Crippen molar-refractivity contribution in [2.75, 3.05) is 0 Å². The van der Waals surface area contributed by atoms with Crippen LogP contribution in [0.5, 0.6) is 0 Å². The first-order valence-corrected chi connectivity index (χ1v) is 7.99. The van der Waals surface area contributed by atoms with E-state index in [9.17, 15) is 14.3 Å². The molecule has 2 heterocycles. The van der Waals surface area contributed by atoms with Gasteiger partial charge in [0.25, 0.3) is 0 Å². The molecule has 0 fully saturated rings. The summed E-state index contributed by atoms with van der Waals surface area (Å²) in [5.74, 6) is -1.16. The van der Waals surface area contributed by atoms with E-state index < -0.39 is 5.97 Å².